The Bertz CT molecular complexity index is 660. The molecule has 1 unspecified atom stereocenters. The molecule has 0 radical (unpaired) electrons. The van der Waals surface area contributed by atoms with Gasteiger partial charge in [-0.25, -0.2) is 0 Å². The van der Waals surface area contributed by atoms with Gasteiger partial charge in [0.15, 0.2) is 5.96 Å². The number of guanidine groups is 1. The molecule has 7 nitrogen and oxygen atoms in total. The molecule has 1 amide bonds. The first-order chi connectivity index (χ1) is 13.1. The van der Waals surface area contributed by atoms with Crippen LogP contribution in [0.5, 0.6) is 0 Å². The Morgan fingerprint density at radius 2 is 2.00 bits per heavy atom. The highest BCUT2D eigenvalue weighted by Crippen LogP contribution is 2.31. The van der Waals surface area contributed by atoms with Gasteiger partial charge in [0.05, 0.1) is 7.11 Å². The van der Waals surface area contributed by atoms with Gasteiger partial charge in [0.1, 0.15) is 0 Å². The number of hydrogen-bond acceptors (Lipinski definition) is 4. The molecular formula is C20H30N4O3. The molecule has 0 saturated heterocycles. The van der Waals surface area contributed by atoms with Crippen molar-refractivity contribution in [2.45, 2.75) is 44.4 Å². The normalized spacial score (nSPS) is 16.3. The van der Waals surface area contributed by atoms with Gasteiger partial charge < -0.3 is 20.7 Å². The number of amides is 1. The summed E-state index contributed by atoms with van der Waals surface area (Å²) in [7, 11) is 3.16. The molecule has 1 aromatic rings. The van der Waals surface area contributed by atoms with Crippen LogP contribution in [0.2, 0.25) is 0 Å². The predicted octanol–water partition coefficient (Wildman–Crippen LogP) is 2.40. The van der Waals surface area contributed by atoms with Gasteiger partial charge >= 0.3 is 5.97 Å². The van der Waals surface area contributed by atoms with E-state index in [1.807, 2.05) is 18.2 Å². The quantitative estimate of drug-likeness (QED) is 0.267. The molecule has 0 bridgehead atoms. The topological polar surface area (TPSA) is 91.8 Å². The molecule has 0 spiro atoms. The summed E-state index contributed by atoms with van der Waals surface area (Å²) in [5.74, 6) is 0.783. The highest BCUT2D eigenvalue weighted by molar-refractivity contribution is 5.94. The lowest BCUT2D eigenvalue weighted by Crippen LogP contribution is -2.41. The molecule has 1 aromatic carbocycles. The number of aliphatic imine (C=N–C) groups is 1. The number of para-hydroxylation sites is 1. The minimum atomic E-state index is -0.143. The van der Waals surface area contributed by atoms with Crippen LogP contribution in [0.4, 0.5) is 5.69 Å². The van der Waals surface area contributed by atoms with Crippen LogP contribution in [0, 0.1) is 0 Å². The summed E-state index contributed by atoms with van der Waals surface area (Å²) in [4.78, 5) is 27.2. The van der Waals surface area contributed by atoms with Gasteiger partial charge in [-0.1, -0.05) is 31.0 Å². The number of benzene rings is 1. The summed E-state index contributed by atoms with van der Waals surface area (Å²) in [5.41, 5.74) is 2.06. The lowest BCUT2D eigenvalue weighted by Gasteiger charge is -2.26. The van der Waals surface area contributed by atoms with Crippen LogP contribution in [0.25, 0.3) is 0 Å². The zero-order valence-corrected chi connectivity index (χ0v) is 16.2. The third kappa shape index (κ3) is 6.92. The summed E-state index contributed by atoms with van der Waals surface area (Å²) >= 11 is 0. The zero-order chi connectivity index (χ0) is 19.5. The summed E-state index contributed by atoms with van der Waals surface area (Å²) in [6.45, 7) is 1.48. The lowest BCUT2D eigenvalue weighted by atomic mass is 9.90. The second-order valence-electron chi connectivity index (χ2n) is 6.66. The van der Waals surface area contributed by atoms with E-state index in [0.29, 0.717) is 19.4 Å². The van der Waals surface area contributed by atoms with E-state index in [0.717, 1.165) is 49.4 Å². The number of fused-ring (bicyclic) bond motifs is 1. The number of ether oxygens (including phenoxy) is 1. The van der Waals surface area contributed by atoms with Crippen molar-refractivity contribution in [3.8, 4) is 0 Å². The minimum absolute atomic E-state index is 0.0513. The van der Waals surface area contributed by atoms with Crippen LogP contribution in [0.1, 0.15) is 50.0 Å². The molecule has 0 aromatic heterocycles. The first kappa shape index (κ1) is 20.7. The minimum Gasteiger partial charge on any atom is -0.469 e. The third-order valence-corrected chi connectivity index (χ3v) is 4.67. The van der Waals surface area contributed by atoms with E-state index in [-0.39, 0.29) is 17.8 Å². The maximum atomic E-state index is 11.9. The van der Waals surface area contributed by atoms with Crippen molar-refractivity contribution in [1.29, 1.82) is 0 Å². The van der Waals surface area contributed by atoms with Crippen LogP contribution in [-0.2, 0) is 14.3 Å². The number of rotatable bonds is 9. The number of esters is 1. The number of methoxy groups -OCH3 is 1. The summed E-state index contributed by atoms with van der Waals surface area (Å²) < 4.78 is 4.63. The summed E-state index contributed by atoms with van der Waals surface area (Å²) in [6, 6.07) is 7.93. The Morgan fingerprint density at radius 3 is 2.78 bits per heavy atom. The molecular weight excluding hydrogens is 344 g/mol. The van der Waals surface area contributed by atoms with Crippen molar-refractivity contribution in [3.63, 3.8) is 0 Å². The van der Waals surface area contributed by atoms with Crippen LogP contribution in [-0.4, -0.2) is 45.1 Å². The highest BCUT2D eigenvalue weighted by Gasteiger charge is 2.24. The van der Waals surface area contributed by atoms with Crippen molar-refractivity contribution in [1.82, 2.24) is 10.6 Å². The monoisotopic (exact) mass is 374 g/mol. The SMILES string of the molecule is CN=C(NCCCCCCC(=O)OC)NCC1CC(=O)Nc2ccccc21. The number of carbonyl (C=O) groups is 2. The largest absolute Gasteiger partial charge is 0.469 e. The van der Waals surface area contributed by atoms with Gasteiger partial charge in [-0.3, -0.25) is 14.6 Å². The van der Waals surface area contributed by atoms with Gasteiger partial charge in [-0.2, -0.15) is 0 Å². The van der Waals surface area contributed by atoms with E-state index in [2.05, 4.69) is 31.7 Å². The van der Waals surface area contributed by atoms with E-state index < -0.39 is 0 Å². The Hall–Kier alpha value is -2.57. The van der Waals surface area contributed by atoms with Crippen molar-refractivity contribution in [3.05, 3.63) is 29.8 Å². The van der Waals surface area contributed by atoms with Crippen molar-refractivity contribution in [2.24, 2.45) is 4.99 Å². The van der Waals surface area contributed by atoms with Crippen molar-refractivity contribution < 1.29 is 14.3 Å². The Kier molecular flexibility index (Phi) is 8.61. The van der Waals surface area contributed by atoms with Gasteiger partial charge in [-0.05, 0) is 24.5 Å². The summed E-state index contributed by atoms with van der Waals surface area (Å²) in [5, 5.41) is 9.54. The average Bonchev–Trinajstić information content (AvgIpc) is 2.68. The van der Waals surface area contributed by atoms with E-state index >= 15 is 0 Å². The number of unbranched alkanes of at least 4 members (excludes halogenated alkanes) is 3. The molecule has 1 heterocycles. The first-order valence-electron chi connectivity index (χ1n) is 9.54. The number of nitrogens with one attached hydrogen (secondary N) is 3. The molecule has 3 N–H and O–H groups in total. The molecule has 27 heavy (non-hydrogen) atoms. The number of hydrogen-bond donors (Lipinski definition) is 3. The predicted molar refractivity (Wildman–Crippen MR) is 107 cm³/mol. The molecule has 7 heteroatoms. The molecule has 148 valence electrons. The van der Waals surface area contributed by atoms with Crippen molar-refractivity contribution in [2.75, 3.05) is 32.6 Å². The third-order valence-electron chi connectivity index (χ3n) is 4.67. The molecule has 1 atom stereocenters. The molecule has 0 fully saturated rings. The number of nitrogens with zero attached hydrogens (tertiary/aromatic N) is 1. The Labute approximate surface area is 161 Å². The van der Waals surface area contributed by atoms with E-state index in [1.54, 1.807) is 7.05 Å². The first-order valence-corrected chi connectivity index (χ1v) is 9.54. The molecule has 2 rings (SSSR count). The Balaban J connectivity index is 1.67. The highest BCUT2D eigenvalue weighted by atomic mass is 16.5. The van der Waals surface area contributed by atoms with Gasteiger partial charge in [0.2, 0.25) is 5.91 Å². The summed E-state index contributed by atoms with van der Waals surface area (Å²) in [6.07, 6.45) is 4.90. The van der Waals surface area contributed by atoms with Crippen LogP contribution < -0.4 is 16.0 Å². The lowest BCUT2D eigenvalue weighted by molar-refractivity contribution is -0.140. The Morgan fingerprint density at radius 1 is 1.22 bits per heavy atom. The van der Waals surface area contributed by atoms with Crippen LogP contribution in [0.3, 0.4) is 0 Å². The molecule has 0 saturated carbocycles. The molecule has 1 aliphatic heterocycles. The van der Waals surface area contributed by atoms with Crippen molar-refractivity contribution >= 4 is 23.5 Å². The van der Waals surface area contributed by atoms with E-state index in [4.69, 9.17) is 0 Å². The van der Waals surface area contributed by atoms with E-state index in [9.17, 15) is 9.59 Å². The number of anilines is 1. The van der Waals surface area contributed by atoms with Gasteiger partial charge in [0.25, 0.3) is 0 Å². The average molecular weight is 374 g/mol. The second-order valence-corrected chi connectivity index (χ2v) is 6.66. The standard InChI is InChI=1S/C20H30N4O3/c1-21-20(22-12-8-4-3-5-11-19(26)27-2)23-14-15-13-18(25)24-17-10-7-6-9-16(15)17/h6-7,9-10,15H,3-5,8,11-14H2,1-2H3,(H,24,25)(H2,21,22,23). The van der Waals surface area contributed by atoms with Crippen LogP contribution >= 0.6 is 0 Å². The fourth-order valence-corrected chi connectivity index (χ4v) is 3.18. The zero-order valence-electron chi connectivity index (χ0n) is 16.2. The van der Waals surface area contributed by atoms with Gasteiger partial charge in [-0.15, -0.1) is 0 Å². The fourth-order valence-electron chi connectivity index (χ4n) is 3.18. The molecule has 1 aliphatic rings. The fraction of sp³-hybridized carbons (Fsp3) is 0.550. The van der Waals surface area contributed by atoms with E-state index in [1.165, 1.54) is 7.11 Å². The van der Waals surface area contributed by atoms with Gasteiger partial charge in [0, 0.05) is 44.6 Å². The van der Waals surface area contributed by atoms with Crippen LogP contribution in [0.15, 0.2) is 29.3 Å². The second kappa shape index (κ2) is 11.2. The number of carbonyl (C=O) groups excluding carboxylic acids is 2. The maximum absolute atomic E-state index is 11.9. The smallest absolute Gasteiger partial charge is 0.305 e. The maximum Gasteiger partial charge on any atom is 0.305 e. The molecule has 0 aliphatic carbocycles.